The van der Waals surface area contributed by atoms with Gasteiger partial charge in [0.25, 0.3) is 0 Å². The third-order valence-corrected chi connectivity index (χ3v) is 6.28. The topological polar surface area (TPSA) is 84.9 Å². The number of urea groups is 1. The molecule has 0 radical (unpaired) electrons. The molecule has 2 amide bonds. The van der Waals surface area contributed by atoms with Gasteiger partial charge >= 0.3 is 6.03 Å². The van der Waals surface area contributed by atoms with Crippen LogP contribution in [0.15, 0.2) is 18.2 Å². The van der Waals surface area contributed by atoms with E-state index in [9.17, 15) is 13.2 Å². The smallest absolute Gasteiger partial charge is 0.321 e. The van der Waals surface area contributed by atoms with Gasteiger partial charge in [-0.2, -0.15) is 0 Å². The molecule has 0 unspecified atom stereocenters. The summed E-state index contributed by atoms with van der Waals surface area (Å²) in [6.07, 6.45) is 0. The fourth-order valence-electron chi connectivity index (χ4n) is 2.61. The van der Waals surface area contributed by atoms with Gasteiger partial charge in [0.15, 0.2) is 21.3 Å². The van der Waals surface area contributed by atoms with Gasteiger partial charge < -0.3 is 19.7 Å². The first-order valence-electron chi connectivity index (χ1n) is 7.52. The third-order valence-electron chi connectivity index (χ3n) is 3.83. The van der Waals surface area contributed by atoms with Crippen molar-refractivity contribution >= 4 is 21.6 Å². The second-order valence-electron chi connectivity index (χ2n) is 6.25. The lowest BCUT2D eigenvalue weighted by molar-refractivity contribution is 0.174. The molecule has 2 aliphatic heterocycles. The van der Waals surface area contributed by atoms with Crippen LogP contribution in [0.1, 0.15) is 13.8 Å². The van der Waals surface area contributed by atoms with E-state index in [1.807, 2.05) is 13.8 Å². The summed E-state index contributed by atoms with van der Waals surface area (Å²) in [5.74, 6) is 1.49. The second-order valence-corrected chi connectivity index (χ2v) is 8.57. The van der Waals surface area contributed by atoms with Gasteiger partial charge in [-0.25, -0.2) is 13.2 Å². The zero-order valence-corrected chi connectivity index (χ0v) is 13.9. The highest BCUT2D eigenvalue weighted by Gasteiger charge is 2.39. The zero-order valence-electron chi connectivity index (χ0n) is 13.1. The number of nitrogens with one attached hydrogen (secondary N) is 1. The molecule has 1 fully saturated rings. The molecule has 126 valence electrons. The largest absolute Gasteiger partial charge is 0.454 e. The molecule has 0 spiro atoms. The molecule has 0 bridgehead atoms. The van der Waals surface area contributed by atoms with Crippen LogP contribution in [-0.2, 0) is 9.84 Å². The monoisotopic (exact) mass is 340 g/mol. The molecular weight excluding hydrogens is 320 g/mol. The van der Waals surface area contributed by atoms with Gasteiger partial charge in [-0.3, -0.25) is 0 Å². The van der Waals surface area contributed by atoms with Crippen LogP contribution in [0.5, 0.6) is 11.5 Å². The van der Waals surface area contributed by atoms with E-state index in [1.165, 1.54) is 4.90 Å². The molecule has 1 N–H and O–H groups in total. The Morgan fingerprint density at radius 1 is 1.30 bits per heavy atom. The highest BCUT2D eigenvalue weighted by atomic mass is 32.2. The number of sulfone groups is 1. The van der Waals surface area contributed by atoms with Crippen molar-refractivity contribution in [1.82, 2.24) is 4.90 Å². The Labute approximate surface area is 135 Å². The SMILES string of the molecule is CC(C)CS(=O)(=O)C1CN(C(=O)Nc2ccc3c(c2)OCO3)C1. The van der Waals surface area contributed by atoms with Gasteiger partial charge in [-0.1, -0.05) is 13.8 Å². The molecule has 3 rings (SSSR count). The molecule has 0 aromatic heterocycles. The van der Waals surface area contributed by atoms with E-state index in [4.69, 9.17) is 9.47 Å². The van der Waals surface area contributed by atoms with Crippen molar-refractivity contribution in [3.8, 4) is 11.5 Å². The van der Waals surface area contributed by atoms with Crippen molar-refractivity contribution in [3.05, 3.63) is 18.2 Å². The van der Waals surface area contributed by atoms with Crippen molar-refractivity contribution in [2.75, 3.05) is 31.0 Å². The molecule has 0 saturated carbocycles. The van der Waals surface area contributed by atoms with E-state index in [0.717, 1.165) is 0 Å². The predicted octanol–water partition coefficient (Wildman–Crippen LogP) is 1.70. The molecule has 0 atom stereocenters. The summed E-state index contributed by atoms with van der Waals surface area (Å²) in [6, 6.07) is 4.83. The second kappa shape index (κ2) is 5.92. The first kappa shape index (κ1) is 15.9. The Morgan fingerprint density at radius 3 is 2.70 bits per heavy atom. The average molecular weight is 340 g/mol. The van der Waals surface area contributed by atoms with E-state index in [-0.39, 0.29) is 37.6 Å². The number of anilines is 1. The van der Waals surface area contributed by atoms with Crippen LogP contribution >= 0.6 is 0 Å². The summed E-state index contributed by atoms with van der Waals surface area (Å²) in [5.41, 5.74) is 0.590. The van der Waals surface area contributed by atoms with Crippen molar-refractivity contribution in [1.29, 1.82) is 0 Å². The maximum absolute atomic E-state index is 12.1. The van der Waals surface area contributed by atoms with Crippen LogP contribution in [0.3, 0.4) is 0 Å². The van der Waals surface area contributed by atoms with Gasteiger partial charge in [0.05, 0.1) is 11.0 Å². The molecular formula is C15H20N2O5S. The number of amides is 2. The summed E-state index contributed by atoms with van der Waals surface area (Å²) >= 11 is 0. The van der Waals surface area contributed by atoms with Gasteiger partial charge in [0.1, 0.15) is 0 Å². The molecule has 2 heterocycles. The van der Waals surface area contributed by atoms with Crippen molar-refractivity contribution in [2.24, 2.45) is 5.92 Å². The maximum Gasteiger partial charge on any atom is 0.321 e. The van der Waals surface area contributed by atoms with Crippen LogP contribution in [0, 0.1) is 5.92 Å². The summed E-state index contributed by atoms with van der Waals surface area (Å²) in [6.45, 7) is 4.41. The highest BCUT2D eigenvalue weighted by Crippen LogP contribution is 2.34. The third kappa shape index (κ3) is 3.36. The number of fused-ring (bicyclic) bond motifs is 1. The van der Waals surface area contributed by atoms with Crippen LogP contribution in [-0.4, -0.2) is 50.2 Å². The van der Waals surface area contributed by atoms with E-state index in [1.54, 1.807) is 18.2 Å². The number of ether oxygens (including phenoxy) is 2. The van der Waals surface area contributed by atoms with E-state index < -0.39 is 15.1 Å². The highest BCUT2D eigenvalue weighted by molar-refractivity contribution is 7.92. The fourth-order valence-corrected chi connectivity index (χ4v) is 4.62. The van der Waals surface area contributed by atoms with Gasteiger partial charge in [0, 0.05) is 24.8 Å². The Balaban J connectivity index is 1.55. The Kier molecular flexibility index (Phi) is 4.09. The maximum atomic E-state index is 12.1. The first-order chi connectivity index (χ1) is 10.8. The van der Waals surface area contributed by atoms with Crippen molar-refractivity contribution in [2.45, 2.75) is 19.1 Å². The van der Waals surface area contributed by atoms with E-state index in [2.05, 4.69) is 5.32 Å². The number of carbonyl (C=O) groups excluding carboxylic acids is 1. The molecule has 1 aromatic carbocycles. The van der Waals surface area contributed by atoms with E-state index >= 15 is 0 Å². The van der Waals surface area contributed by atoms with Gasteiger partial charge in [-0.15, -0.1) is 0 Å². The predicted molar refractivity (Wildman–Crippen MR) is 85.6 cm³/mol. The number of hydrogen-bond donors (Lipinski definition) is 1. The number of hydrogen-bond acceptors (Lipinski definition) is 5. The molecule has 2 aliphatic rings. The number of likely N-dealkylation sites (tertiary alicyclic amines) is 1. The molecule has 8 heteroatoms. The van der Waals surface area contributed by atoms with Gasteiger partial charge in [-0.05, 0) is 18.1 Å². The minimum atomic E-state index is -3.13. The van der Waals surface area contributed by atoms with Crippen LogP contribution in [0.2, 0.25) is 0 Å². The summed E-state index contributed by atoms with van der Waals surface area (Å²) in [4.78, 5) is 13.6. The molecule has 0 aliphatic carbocycles. The zero-order chi connectivity index (χ0) is 16.6. The average Bonchev–Trinajstić information content (AvgIpc) is 2.81. The number of nitrogens with zero attached hydrogens (tertiary/aromatic N) is 1. The summed E-state index contributed by atoms with van der Waals surface area (Å²) < 4.78 is 34.6. The lowest BCUT2D eigenvalue weighted by Gasteiger charge is -2.38. The molecule has 23 heavy (non-hydrogen) atoms. The Hall–Kier alpha value is -1.96. The van der Waals surface area contributed by atoms with Crippen molar-refractivity contribution in [3.63, 3.8) is 0 Å². The lowest BCUT2D eigenvalue weighted by Crippen LogP contribution is -2.58. The lowest BCUT2D eigenvalue weighted by atomic mass is 10.2. The normalized spacial score (nSPS) is 17.3. The fraction of sp³-hybridized carbons (Fsp3) is 0.533. The van der Waals surface area contributed by atoms with Crippen LogP contribution in [0.4, 0.5) is 10.5 Å². The van der Waals surface area contributed by atoms with Crippen molar-refractivity contribution < 1.29 is 22.7 Å². The first-order valence-corrected chi connectivity index (χ1v) is 9.24. The number of benzene rings is 1. The summed E-state index contributed by atoms with van der Waals surface area (Å²) in [5, 5.41) is 2.29. The summed E-state index contributed by atoms with van der Waals surface area (Å²) in [7, 11) is -3.13. The van der Waals surface area contributed by atoms with Crippen LogP contribution in [0.25, 0.3) is 0 Å². The number of rotatable bonds is 4. The number of carbonyl (C=O) groups is 1. The van der Waals surface area contributed by atoms with E-state index in [0.29, 0.717) is 17.2 Å². The van der Waals surface area contributed by atoms with Crippen LogP contribution < -0.4 is 14.8 Å². The quantitative estimate of drug-likeness (QED) is 0.902. The minimum absolute atomic E-state index is 0.0940. The molecule has 1 aromatic rings. The van der Waals surface area contributed by atoms with Gasteiger partial charge in [0.2, 0.25) is 6.79 Å². The molecule has 7 nitrogen and oxygen atoms in total. The Bertz CT molecular complexity index is 711. The molecule has 1 saturated heterocycles. The Morgan fingerprint density at radius 2 is 2.00 bits per heavy atom. The standard InChI is InChI=1S/C15H20N2O5S/c1-10(2)8-23(19,20)12-6-17(7-12)15(18)16-11-3-4-13-14(5-11)22-9-21-13/h3-5,10,12H,6-9H2,1-2H3,(H,16,18). The minimum Gasteiger partial charge on any atom is -0.454 e.